The fourth-order valence-electron chi connectivity index (χ4n) is 5.02. The summed E-state index contributed by atoms with van der Waals surface area (Å²) in [5.41, 5.74) is 3.55. The number of hydrogen-bond donors (Lipinski definition) is 1. The van der Waals surface area contributed by atoms with Gasteiger partial charge in [0.1, 0.15) is 11.4 Å². The van der Waals surface area contributed by atoms with Crippen LogP contribution in [0.3, 0.4) is 0 Å². The van der Waals surface area contributed by atoms with E-state index in [1.54, 1.807) is 18.1 Å². The van der Waals surface area contributed by atoms with Gasteiger partial charge in [-0.1, -0.05) is 23.2 Å². The fraction of sp³-hybridized carbons (Fsp3) is 0.364. The minimum Gasteiger partial charge on any atom is -0.496 e. The second kappa shape index (κ2) is 7.36. The lowest BCUT2D eigenvalue weighted by atomic mass is 10.0. The van der Waals surface area contributed by atoms with Crippen LogP contribution in [-0.4, -0.2) is 45.7 Å². The van der Waals surface area contributed by atoms with Crippen molar-refractivity contribution in [2.75, 3.05) is 20.2 Å². The van der Waals surface area contributed by atoms with Gasteiger partial charge in [0.25, 0.3) is 0 Å². The molecule has 2 unspecified atom stereocenters. The molecule has 0 radical (unpaired) electrons. The zero-order valence-corrected chi connectivity index (χ0v) is 17.9. The molecule has 3 aromatic rings. The van der Waals surface area contributed by atoms with Crippen LogP contribution in [0.4, 0.5) is 4.79 Å². The summed E-state index contributed by atoms with van der Waals surface area (Å²) < 4.78 is 7.50. The number of ether oxygens (including phenoxy) is 1. The number of rotatable bonds is 3. The number of methoxy groups -OCH3 is 1. The van der Waals surface area contributed by atoms with Crippen molar-refractivity contribution in [3.8, 4) is 16.9 Å². The maximum Gasteiger partial charge on any atom is 0.407 e. The van der Waals surface area contributed by atoms with Crippen molar-refractivity contribution in [2.45, 2.75) is 18.8 Å². The average Bonchev–Trinajstić information content (AvgIpc) is 3.41. The Morgan fingerprint density at radius 3 is 2.60 bits per heavy atom. The van der Waals surface area contributed by atoms with Crippen molar-refractivity contribution < 1.29 is 14.6 Å². The first-order valence-corrected chi connectivity index (χ1v) is 10.7. The van der Waals surface area contributed by atoms with Crippen molar-refractivity contribution in [2.24, 2.45) is 11.8 Å². The zero-order valence-electron chi connectivity index (χ0n) is 16.4. The molecule has 2 fully saturated rings. The van der Waals surface area contributed by atoms with E-state index in [1.165, 1.54) is 0 Å². The number of benzene rings is 1. The van der Waals surface area contributed by atoms with E-state index in [1.807, 2.05) is 28.8 Å². The van der Waals surface area contributed by atoms with Gasteiger partial charge in [0.15, 0.2) is 0 Å². The van der Waals surface area contributed by atoms with Gasteiger partial charge in [0.05, 0.1) is 22.8 Å². The third-order valence-electron chi connectivity index (χ3n) is 6.48. The van der Waals surface area contributed by atoms with Crippen LogP contribution < -0.4 is 4.74 Å². The first-order chi connectivity index (χ1) is 14.4. The number of hydrogen-bond acceptors (Lipinski definition) is 3. The predicted molar refractivity (Wildman–Crippen MR) is 116 cm³/mol. The monoisotopic (exact) mass is 445 g/mol. The van der Waals surface area contributed by atoms with Gasteiger partial charge in [0, 0.05) is 37.0 Å². The second-order valence-corrected chi connectivity index (χ2v) is 8.95. The average molecular weight is 446 g/mol. The van der Waals surface area contributed by atoms with Crippen molar-refractivity contribution in [3.05, 3.63) is 52.4 Å². The highest BCUT2D eigenvalue weighted by Crippen LogP contribution is 2.46. The van der Waals surface area contributed by atoms with Gasteiger partial charge in [0.2, 0.25) is 0 Å². The van der Waals surface area contributed by atoms with Gasteiger partial charge >= 0.3 is 6.09 Å². The number of aromatic nitrogens is 2. The van der Waals surface area contributed by atoms with Crippen LogP contribution in [0.1, 0.15) is 24.5 Å². The number of imidazole rings is 1. The first kappa shape index (κ1) is 19.5. The molecule has 1 saturated heterocycles. The molecule has 2 atom stereocenters. The lowest BCUT2D eigenvalue weighted by molar-refractivity contribution is 0.152. The normalized spacial score (nSPS) is 23.2. The molecule has 2 aliphatic rings. The van der Waals surface area contributed by atoms with E-state index in [0.29, 0.717) is 46.6 Å². The highest BCUT2D eigenvalue weighted by atomic mass is 35.5. The summed E-state index contributed by atoms with van der Waals surface area (Å²) in [7, 11) is 1.61. The molecular formula is C22H21Cl2N3O3. The molecule has 0 spiro atoms. The molecule has 1 saturated carbocycles. The molecular weight excluding hydrogens is 425 g/mol. The summed E-state index contributed by atoms with van der Waals surface area (Å²) >= 11 is 12.7. The summed E-state index contributed by atoms with van der Waals surface area (Å²) in [6.07, 6.45) is 5.21. The van der Waals surface area contributed by atoms with Crippen molar-refractivity contribution in [3.63, 3.8) is 0 Å². The Bertz CT molecular complexity index is 1130. The molecule has 1 aliphatic carbocycles. The Morgan fingerprint density at radius 2 is 1.93 bits per heavy atom. The van der Waals surface area contributed by atoms with Gasteiger partial charge in [-0.25, -0.2) is 9.78 Å². The van der Waals surface area contributed by atoms with Crippen LogP contribution >= 0.6 is 23.2 Å². The number of pyridine rings is 1. The van der Waals surface area contributed by atoms with Crippen molar-refractivity contribution in [1.82, 2.24) is 14.3 Å². The van der Waals surface area contributed by atoms with Gasteiger partial charge in [-0.15, -0.1) is 0 Å². The maximum absolute atomic E-state index is 11.2. The number of carbonyl (C=O) groups is 1. The molecule has 156 valence electrons. The first-order valence-electron chi connectivity index (χ1n) is 9.93. The summed E-state index contributed by atoms with van der Waals surface area (Å²) in [6, 6.07) is 7.50. The smallest absolute Gasteiger partial charge is 0.407 e. The zero-order chi connectivity index (χ0) is 21.0. The van der Waals surface area contributed by atoms with Crippen LogP contribution in [0.25, 0.3) is 16.8 Å². The van der Waals surface area contributed by atoms with Crippen LogP contribution in [0.15, 0.2) is 36.7 Å². The van der Waals surface area contributed by atoms with E-state index in [4.69, 9.17) is 32.9 Å². The molecule has 30 heavy (non-hydrogen) atoms. The number of fused-ring (bicyclic) bond motifs is 2. The SMILES string of the molecule is COc1ccc(Cl)c(Cl)c1-c1ccn2cc(C3CC4CN(C(=O)O)CC4C3)nc2c1. The predicted octanol–water partition coefficient (Wildman–Crippen LogP) is 5.42. The van der Waals surface area contributed by atoms with E-state index in [9.17, 15) is 9.90 Å². The quantitative estimate of drug-likeness (QED) is 0.584. The second-order valence-electron chi connectivity index (χ2n) is 8.16. The number of amides is 1. The minimum atomic E-state index is -0.809. The Balaban J connectivity index is 1.44. The highest BCUT2D eigenvalue weighted by Gasteiger charge is 2.43. The van der Waals surface area contributed by atoms with E-state index in [-0.39, 0.29) is 0 Å². The summed E-state index contributed by atoms with van der Waals surface area (Å²) in [6.45, 7) is 1.28. The third-order valence-corrected chi connectivity index (χ3v) is 7.29. The Morgan fingerprint density at radius 1 is 1.20 bits per heavy atom. The third kappa shape index (κ3) is 3.19. The Kier molecular flexibility index (Phi) is 4.79. The molecule has 5 rings (SSSR count). The number of likely N-dealkylation sites (tertiary alicyclic amines) is 1. The van der Waals surface area contributed by atoms with Crippen LogP contribution in [0.2, 0.25) is 10.0 Å². The Labute approximate surface area is 184 Å². The number of nitrogens with zero attached hydrogens (tertiary/aromatic N) is 3. The van der Waals surface area contributed by atoms with Gasteiger partial charge in [-0.2, -0.15) is 0 Å². The van der Waals surface area contributed by atoms with Gasteiger partial charge < -0.3 is 19.1 Å². The molecule has 2 aromatic heterocycles. The minimum absolute atomic E-state index is 0.364. The summed E-state index contributed by atoms with van der Waals surface area (Å²) in [5, 5.41) is 10.2. The lowest BCUT2D eigenvalue weighted by Crippen LogP contribution is -2.27. The van der Waals surface area contributed by atoms with Crippen LogP contribution in [0, 0.1) is 11.8 Å². The van der Waals surface area contributed by atoms with E-state index in [0.717, 1.165) is 35.3 Å². The standard InChI is InChI=1S/C22H21Cl2N3O3/c1-30-18-3-2-16(23)21(24)20(18)12-4-5-26-11-17(25-19(26)8-12)13-6-14-9-27(22(28)29)10-15(14)7-13/h2-5,8,11,13-15H,6-7,9-10H2,1H3,(H,28,29). The highest BCUT2D eigenvalue weighted by molar-refractivity contribution is 6.44. The Hall–Kier alpha value is -2.44. The lowest BCUT2D eigenvalue weighted by Gasteiger charge is -2.14. The molecule has 1 aromatic carbocycles. The van der Waals surface area contributed by atoms with E-state index < -0.39 is 6.09 Å². The number of halogens is 2. The molecule has 1 aliphatic heterocycles. The maximum atomic E-state index is 11.2. The van der Waals surface area contributed by atoms with Crippen LogP contribution in [-0.2, 0) is 0 Å². The van der Waals surface area contributed by atoms with Crippen molar-refractivity contribution >= 4 is 34.9 Å². The molecule has 3 heterocycles. The van der Waals surface area contributed by atoms with E-state index >= 15 is 0 Å². The van der Waals surface area contributed by atoms with E-state index in [2.05, 4.69) is 6.20 Å². The van der Waals surface area contributed by atoms with Crippen molar-refractivity contribution in [1.29, 1.82) is 0 Å². The van der Waals surface area contributed by atoms with Crippen LogP contribution in [0.5, 0.6) is 5.75 Å². The molecule has 8 heteroatoms. The molecule has 0 bridgehead atoms. The fourth-order valence-corrected chi connectivity index (χ4v) is 5.45. The molecule has 6 nitrogen and oxygen atoms in total. The summed E-state index contributed by atoms with van der Waals surface area (Å²) in [4.78, 5) is 17.7. The molecule has 1 amide bonds. The van der Waals surface area contributed by atoms with Gasteiger partial charge in [-0.05, 0) is 54.5 Å². The molecule has 1 N–H and O–H groups in total. The topological polar surface area (TPSA) is 67.1 Å². The van der Waals surface area contributed by atoms with Gasteiger partial charge in [-0.3, -0.25) is 0 Å². The summed E-state index contributed by atoms with van der Waals surface area (Å²) in [5.74, 6) is 1.89. The number of carboxylic acid groups (broad SMARTS) is 1. The largest absolute Gasteiger partial charge is 0.496 e.